The minimum absolute atomic E-state index is 1.04. The smallest absolute Gasteiger partial charge is 0.348 e. The third-order valence-corrected chi connectivity index (χ3v) is 0.247. The summed E-state index contributed by atoms with van der Waals surface area (Å²) in [5.74, 6) is 0. The summed E-state index contributed by atoms with van der Waals surface area (Å²) in [6, 6.07) is -2.08. The van der Waals surface area contributed by atoms with Crippen molar-refractivity contribution in [2.45, 2.75) is 0 Å². The van der Waals surface area contributed by atoms with E-state index in [9.17, 15) is 9.59 Å². The summed E-state index contributed by atoms with van der Waals surface area (Å²) in [4.78, 5) is 27.7. The number of amides is 4. The van der Waals surface area contributed by atoms with Crippen molar-refractivity contribution in [3.63, 3.8) is 0 Å². The van der Waals surface area contributed by atoms with Crippen LogP contribution in [0.4, 0.5) is 9.59 Å². The van der Waals surface area contributed by atoms with E-state index in [2.05, 4.69) is 21.7 Å². The highest BCUT2D eigenvalue weighted by molar-refractivity contribution is 5.77. The van der Waals surface area contributed by atoms with Crippen molar-refractivity contribution >= 4 is 12.1 Å². The number of hydrogen-bond donors (Lipinski definition) is 3. The van der Waals surface area contributed by atoms with Crippen LogP contribution in [0.3, 0.4) is 0 Å². The third kappa shape index (κ3) is 46.8. The Kier molecular flexibility index (Phi) is 7.09. The van der Waals surface area contributed by atoms with Crippen molar-refractivity contribution in [3.05, 3.63) is 10.1 Å². The van der Waals surface area contributed by atoms with Crippen LogP contribution in [0.2, 0.25) is 0 Å². The summed E-state index contributed by atoms with van der Waals surface area (Å²) in [5, 5.41) is 18.9. The summed E-state index contributed by atoms with van der Waals surface area (Å²) < 4.78 is 0. The van der Waals surface area contributed by atoms with Gasteiger partial charge in [-0.3, -0.25) is 0 Å². The molecule has 10 nitrogen and oxygen atoms in total. The molecule has 0 aliphatic rings. The van der Waals surface area contributed by atoms with E-state index in [4.69, 9.17) is 15.3 Å². The molecule has 0 rings (SSSR count). The van der Waals surface area contributed by atoms with E-state index < -0.39 is 17.1 Å². The molecule has 0 aromatic rings. The molecule has 0 heterocycles. The van der Waals surface area contributed by atoms with Crippen molar-refractivity contribution in [3.8, 4) is 0 Å². The normalized spacial score (nSPS) is 8.33. The Morgan fingerprint density at radius 3 is 1.50 bits per heavy atom. The van der Waals surface area contributed by atoms with Crippen LogP contribution in [0, 0.1) is 10.1 Å². The van der Waals surface area contributed by atoms with E-state index in [1.165, 1.54) is 0 Å². The molecule has 0 aromatic carbocycles. The van der Waals surface area contributed by atoms with E-state index in [1.54, 1.807) is 0 Å². The molecule has 68 valence electrons. The number of nitrogens with zero attached hydrogens (tertiary/aromatic N) is 3. The Morgan fingerprint density at radius 2 is 1.42 bits per heavy atom. The molecule has 0 radical (unpaired) electrons. The summed E-state index contributed by atoms with van der Waals surface area (Å²) in [6.45, 7) is 0. The molecule has 0 saturated carbocycles. The maximum atomic E-state index is 9.66. The SMILES string of the molecule is NC(=O)N=NC(N)=O.O=[N+]([O-])O. The zero-order valence-corrected chi connectivity index (χ0v) is 5.58. The summed E-state index contributed by atoms with van der Waals surface area (Å²) in [7, 11) is 0. The van der Waals surface area contributed by atoms with Crippen LogP contribution in [0.25, 0.3) is 0 Å². The molecule has 5 N–H and O–H groups in total. The number of carbonyl (C=O) groups is 2. The molecule has 0 fully saturated rings. The average molecular weight is 179 g/mol. The van der Waals surface area contributed by atoms with Gasteiger partial charge in [0.25, 0.3) is 5.09 Å². The number of urea groups is 2. The van der Waals surface area contributed by atoms with Crippen LogP contribution in [-0.2, 0) is 0 Å². The fraction of sp³-hybridized carbons (Fsp3) is 0. The summed E-state index contributed by atoms with van der Waals surface area (Å²) >= 11 is 0. The van der Waals surface area contributed by atoms with Gasteiger partial charge in [-0.15, -0.1) is 10.1 Å². The molecule has 10 heteroatoms. The maximum absolute atomic E-state index is 9.66. The van der Waals surface area contributed by atoms with Crippen LogP contribution in [-0.4, -0.2) is 22.4 Å². The minimum Gasteiger partial charge on any atom is -0.348 e. The van der Waals surface area contributed by atoms with E-state index in [1.807, 2.05) is 0 Å². The highest BCUT2D eigenvalue weighted by atomic mass is 16.9. The molecular weight excluding hydrogens is 174 g/mol. The molecule has 0 bridgehead atoms. The Hall–Kier alpha value is -2.26. The second-order valence-corrected chi connectivity index (χ2v) is 1.11. The number of azo groups is 1. The van der Waals surface area contributed by atoms with E-state index in [-0.39, 0.29) is 0 Å². The van der Waals surface area contributed by atoms with Crippen molar-refractivity contribution in [1.29, 1.82) is 0 Å². The molecule has 0 saturated heterocycles. The second-order valence-electron chi connectivity index (χ2n) is 1.11. The fourth-order valence-corrected chi connectivity index (χ4v) is 0.0986. The molecule has 4 amide bonds. The van der Waals surface area contributed by atoms with Crippen LogP contribution >= 0.6 is 0 Å². The van der Waals surface area contributed by atoms with Gasteiger partial charge in [-0.25, -0.2) is 9.59 Å². The van der Waals surface area contributed by atoms with Gasteiger partial charge >= 0.3 is 12.1 Å². The van der Waals surface area contributed by atoms with Crippen molar-refractivity contribution < 1.29 is 19.9 Å². The topological polar surface area (TPSA) is 174 Å². The van der Waals surface area contributed by atoms with Gasteiger partial charge in [-0.05, 0) is 0 Å². The largest absolute Gasteiger partial charge is 0.357 e. The molecule has 12 heavy (non-hydrogen) atoms. The van der Waals surface area contributed by atoms with Crippen LogP contribution in [0.15, 0.2) is 10.2 Å². The zero-order valence-electron chi connectivity index (χ0n) is 5.58. The second kappa shape index (κ2) is 6.85. The molecule has 0 aromatic heterocycles. The lowest BCUT2D eigenvalue weighted by atomic mass is 11.1. The van der Waals surface area contributed by atoms with Gasteiger partial charge < -0.3 is 16.7 Å². The molecule has 0 unspecified atom stereocenters. The predicted molar refractivity (Wildman–Crippen MR) is 32.8 cm³/mol. The van der Waals surface area contributed by atoms with E-state index in [0.717, 1.165) is 0 Å². The first-order valence-electron chi connectivity index (χ1n) is 2.20. The van der Waals surface area contributed by atoms with Crippen LogP contribution in [0.5, 0.6) is 0 Å². The Balaban J connectivity index is 0. The van der Waals surface area contributed by atoms with Gasteiger partial charge in [0.2, 0.25) is 0 Å². The first kappa shape index (κ1) is 12.4. The number of carbonyl (C=O) groups excluding carboxylic acids is 2. The van der Waals surface area contributed by atoms with Gasteiger partial charge in [0.15, 0.2) is 0 Å². The van der Waals surface area contributed by atoms with Gasteiger partial charge in [0.1, 0.15) is 0 Å². The molecule has 0 aliphatic carbocycles. The fourth-order valence-electron chi connectivity index (χ4n) is 0.0986. The van der Waals surface area contributed by atoms with Gasteiger partial charge in [0, 0.05) is 0 Å². The molecule has 0 atom stereocenters. The third-order valence-electron chi connectivity index (χ3n) is 0.247. The highest BCUT2D eigenvalue weighted by Crippen LogP contribution is 1.72. The minimum atomic E-state index is -1.50. The Bertz CT molecular complexity index is 190. The van der Waals surface area contributed by atoms with Crippen LogP contribution < -0.4 is 11.5 Å². The lowest BCUT2D eigenvalue weighted by Gasteiger charge is -1.74. The number of nitrogens with two attached hydrogens (primary N) is 2. The van der Waals surface area contributed by atoms with Crippen LogP contribution in [0.1, 0.15) is 0 Å². The summed E-state index contributed by atoms with van der Waals surface area (Å²) in [6.07, 6.45) is 0. The number of primary amides is 2. The number of hydrogen-bond acceptors (Lipinski definition) is 4. The number of rotatable bonds is 0. The first-order valence-corrected chi connectivity index (χ1v) is 2.20. The van der Waals surface area contributed by atoms with Crippen molar-refractivity contribution in [1.82, 2.24) is 0 Å². The highest BCUT2D eigenvalue weighted by Gasteiger charge is 1.86. The van der Waals surface area contributed by atoms with Gasteiger partial charge in [0.05, 0.1) is 0 Å². The average Bonchev–Trinajstić information content (AvgIpc) is 1.82. The first-order chi connectivity index (χ1) is 5.36. The monoisotopic (exact) mass is 179 g/mol. The lowest BCUT2D eigenvalue weighted by molar-refractivity contribution is -0.742. The molecule has 0 aliphatic heterocycles. The quantitative estimate of drug-likeness (QED) is 0.251. The summed E-state index contributed by atoms with van der Waals surface area (Å²) in [5.41, 5.74) is 8.87. The van der Waals surface area contributed by atoms with Gasteiger partial charge in [-0.2, -0.15) is 0 Å². The van der Waals surface area contributed by atoms with Gasteiger partial charge in [-0.1, -0.05) is 10.2 Å². The predicted octanol–water partition coefficient (Wildman–Crippen LogP) is -0.752. The zero-order chi connectivity index (χ0) is 10.1. The standard InChI is InChI=1S/C2H4N4O2.HNO3/c3-1(7)5-6-2(4)8;2-1(3)4/h(H2,3,7)(H2,4,8);(H,2,3,4). The molecule has 0 spiro atoms. The van der Waals surface area contributed by atoms with E-state index >= 15 is 0 Å². The van der Waals surface area contributed by atoms with E-state index in [0.29, 0.717) is 0 Å². The Morgan fingerprint density at radius 1 is 1.25 bits per heavy atom. The van der Waals surface area contributed by atoms with Crippen molar-refractivity contribution in [2.75, 3.05) is 0 Å². The maximum Gasteiger partial charge on any atom is 0.357 e. The Labute approximate surface area is 65.0 Å². The lowest BCUT2D eigenvalue weighted by Crippen LogP contribution is -2.07. The van der Waals surface area contributed by atoms with Crippen molar-refractivity contribution in [2.24, 2.45) is 21.7 Å². The molecular formula is C2H5N5O5.